The summed E-state index contributed by atoms with van der Waals surface area (Å²) < 4.78 is 25.3. The molecule has 0 saturated carbocycles. The third kappa shape index (κ3) is 3.96. The number of benzene rings is 2. The third-order valence-electron chi connectivity index (χ3n) is 5.45. The van der Waals surface area contributed by atoms with E-state index in [1.807, 2.05) is 54.9 Å². The van der Waals surface area contributed by atoms with E-state index in [2.05, 4.69) is 0 Å². The lowest BCUT2D eigenvalue weighted by Gasteiger charge is -2.09. The van der Waals surface area contributed by atoms with E-state index in [0.717, 1.165) is 22.2 Å². The van der Waals surface area contributed by atoms with Crippen LogP contribution in [0.5, 0.6) is 0 Å². The largest absolute Gasteiger partial charge is 0.294 e. The van der Waals surface area contributed by atoms with Crippen molar-refractivity contribution in [2.24, 2.45) is 5.92 Å². The van der Waals surface area contributed by atoms with Gasteiger partial charge >= 0.3 is 0 Å². The van der Waals surface area contributed by atoms with Gasteiger partial charge in [-0.1, -0.05) is 35.9 Å². The van der Waals surface area contributed by atoms with Gasteiger partial charge in [-0.05, 0) is 44.4 Å². The van der Waals surface area contributed by atoms with Crippen molar-refractivity contribution in [2.45, 2.75) is 32.7 Å². The zero-order valence-electron chi connectivity index (χ0n) is 16.4. The van der Waals surface area contributed by atoms with Gasteiger partial charge in [0.2, 0.25) is 0 Å². The first kappa shape index (κ1) is 20.1. The van der Waals surface area contributed by atoms with Gasteiger partial charge in [0, 0.05) is 29.0 Å². The molecule has 1 fully saturated rings. The fourth-order valence-corrected chi connectivity index (χ4v) is 6.06. The van der Waals surface area contributed by atoms with Gasteiger partial charge in [-0.15, -0.1) is 0 Å². The van der Waals surface area contributed by atoms with Crippen molar-refractivity contribution in [3.8, 4) is 11.3 Å². The monoisotopic (exact) mass is 430 g/mol. The molecule has 2 aromatic carbocycles. The Hall–Kier alpha value is -2.18. The van der Waals surface area contributed by atoms with Crippen LogP contribution >= 0.6 is 11.6 Å². The van der Waals surface area contributed by atoms with E-state index in [4.69, 9.17) is 16.7 Å². The van der Waals surface area contributed by atoms with E-state index in [1.165, 1.54) is 0 Å². The number of Topliss-reactive ketones (excluding diaryl/α,β-unsaturated/α-hetero) is 1. The Morgan fingerprint density at radius 1 is 1.24 bits per heavy atom. The van der Waals surface area contributed by atoms with E-state index >= 15 is 0 Å². The quantitative estimate of drug-likeness (QED) is 0.537. The molecule has 1 aliphatic heterocycles. The standard InChI is InChI=1S/C22H23ClN2O3S/c1-14(2)25-20-12-16(21(26)11-15-9-10-29(27,28)13-15)7-8-18(20)22(24-25)17-5-3-4-6-19(17)23/h3-8,12,14-15H,9-11,13H2,1-2H3. The van der Waals surface area contributed by atoms with Gasteiger partial charge in [-0.2, -0.15) is 5.10 Å². The maximum atomic E-state index is 12.8. The molecule has 3 aromatic rings. The Labute approximate surface area is 175 Å². The molecule has 1 saturated heterocycles. The number of rotatable bonds is 5. The number of hydrogen-bond acceptors (Lipinski definition) is 4. The number of ketones is 1. The Morgan fingerprint density at radius 2 is 2.00 bits per heavy atom. The van der Waals surface area contributed by atoms with Crippen LogP contribution in [-0.4, -0.2) is 35.5 Å². The minimum Gasteiger partial charge on any atom is -0.294 e. The molecule has 29 heavy (non-hydrogen) atoms. The molecular formula is C22H23ClN2O3S. The van der Waals surface area contributed by atoms with Crippen molar-refractivity contribution in [1.29, 1.82) is 0 Å². The number of sulfone groups is 1. The summed E-state index contributed by atoms with van der Waals surface area (Å²) in [5.41, 5.74) is 3.11. The highest BCUT2D eigenvalue weighted by Crippen LogP contribution is 2.34. The molecule has 2 heterocycles. The second kappa shape index (κ2) is 7.58. The number of fused-ring (bicyclic) bond motifs is 1. The minimum absolute atomic E-state index is 0.0233. The average Bonchev–Trinajstić information content (AvgIpc) is 3.21. The zero-order chi connectivity index (χ0) is 20.8. The van der Waals surface area contributed by atoms with Crippen LogP contribution in [0.15, 0.2) is 42.5 Å². The van der Waals surface area contributed by atoms with E-state index in [-0.39, 0.29) is 35.7 Å². The van der Waals surface area contributed by atoms with Crippen molar-refractivity contribution in [2.75, 3.05) is 11.5 Å². The van der Waals surface area contributed by atoms with Gasteiger partial charge in [0.1, 0.15) is 5.69 Å². The number of aromatic nitrogens is 2. The van der Waals surface area contributed by atoms with Gasteiger partial charge in [-0.25, -0.2) is 8.42 Å². The first-order chi connectivity index (χ1) is 13.7. The number of halogens is 1. The van der Waals surface area contributed by atoms with E-state index in [1.54, 1.807) is 6.07 Å². The molecule has 0 bridgehead atoms. The Balaban J connectivity index is 1.73. The zero-order valence-corrected chi connectivity index (χ0v) is 18.0. The lowest BCUT2D eigenvalue weighted by atomic mass is 9.96. The van der Waals surface area contributed by atoms with E-state index in [9.17, 15) is 13.2 Å². The number of nitrogens with zero attached hydrogens (tertiary/aromatic N) is 2. The van der Waals surface area contributed by atoms with Crippen LogP contribution in [-0.2, 0) is 9.84 Å². The molecule has 152 valence electrons. The summed E-state index contributed by atoms with van der Waals surface area (Å²) in [5.74, 6) is 0.189. The molecule has 0 N–H and O–H groups in total. The molecule has 1 aromatic heterocycles. The second-order valence-corrected chi connectivity index (χ2v) is 10.6. The SMILES string of the molecule is CC(C)n1nc(-c2ccccc2Cl)c2ccc(C(=O)CC3CCS(=O)(=O)C3)cc21. The van der Waals surface area contributed by atoms with Crippen LogP contribution in [0.1, 0.15) is 43.1 Å². The Morgan fingerprint density at radius 3 is 2.66 bits per heavy atom. The number of hydrogen-bond donors (Lipinski definition) is 0. The van der Waals surface area contributed by atoms with Gasteiger partial charge < -0.3 is 0 Å². The summed E-state index contributed by atoms with van der Waals surface area (Å²) in [6, 6.07) is 13.3. The average molecular weight is 431 g/mol. The Bertz CT molecular complexity index is 1200. The van der Waals surface area contributed by atoms with E-state index in [0.29, 0.717) is 17.0 Å². The molecule has 4 rings (SSSR count). The molecule has 0 aliphatic carbocycles. The maximum absolute atomic E-state index is 12.8. The van der Waals surface area contributed by atoms with Crippen LogP contribution in [0, 0.1) is 5.92 Å². The second-order valence-electron chi connectivity index (χ2n) is 8.00. The summed E-state index contributed by atoms with van der Waals surface area (Å²) in [6.45, 7) is 4.08. The van der Waals surface area contributed by atoms with E-state index < -0.39 is 9.84 Å². The lowest BCUT2D eigenvalue weighted by Crippen LogP contribution is -2.11. The molecule has 0 amide bonds. The van der Waals surface area contributed by atoms with Gasteiger partial charge in [0.15, 0.2) is 15.6 Å². The molecule has 0 spiro atoms. The number of carbonyl (C=O) groups is 1. The molecule has 0 radical (unpaired) electrons. The highest BCUT2D eigenvalue weighted by molar-refractivity contribution is 7.91. The predicted molar refractivity (Wildman–Crippen MR) is 116 cm³/mol. The fraction of sp³-hybridized carbons (Fsp3) is 0.364. The maximum Gasteiger partial charge on any atom is 0.163 e. The van der Waals surface area contributed by atoms with Crippen molar-refractivity contribution in [3.63, 3.8) is 0 Å². The summed E-state index contributed by atoms with van der Waals surface area (Å²) in [7, 11) is -2.99. The minimum atomic E-state index is -2.99. The molecule has 1 unspecified atom stereocenters. The van der Waals surface area contributed by atoms with Gasteiger partial charge in [0.05, 0.1) is 22.0 Å². The first-order valence-corrected chi connectivity index (χ1v) is 12.0. The normalized spacial score (nSPS) is 18.6. The topological polar surface area (TPSA) is 69.0 Å². The van der Waals surface area contributed by atoms with Crippen LogP contribution in [0.25, 0.3) is 22.2 Å². The molecular weight excluding hydrogens is 408 g/mol. The summed E-state index contributed by atoms with van der Waals surface area (Å²) >= 11 is 6.40. The van der Waals surface area contributed by atoms with Crippen molar-refractivity contribution in [1.82, 2.24) is 9.78 Å². The lowest BCUT2D eigenvalue weighted by molar-refractivity contribution is 0.0966. The van der Waals surface area contributed by atoms with Crippen LogP contribution in [0.2, 0.25) is 5.02 Å². The highest BCUT2D eigenvalue weighted by Gasteiger charge is 2.30. The summed E-state index contributed by atoms with van der Waals surface area (Å²) in [4.78, 5) is 12.8. The third-order valence-corrected chi connectivity index (χ3v) is 7.61. The summed E-state index contributed by atoms with van der Waals surface area (Å²) in [6.07, 6.45) is 0.828. The Kier molecular flexibility index (Phi) is 5.25. The van der Waals surface area contributed by atoms with Crippen LogP contribution in [0.4, 0.5) is 0 Å². The van der Waals surface area contributed by atoms with Crippen molar-refractivity contribution < 1.29 is 13.2 Å². The number of carbonyl (C=O) groups excluding carboxylic acids is 1. The van der Waals surface area contributed by atoms with Gasteiger partial charge in [-0.3, -0.25) is 9.48 Å². The van der Waals surface area contributed by atoms with Gasteiger partial charge in [0.25, 0.3) is 0 Å². The summed E-state index contributed by atoms with van der Waals surface area (Å²) in [5, 5.41) is 6.35. The molecule has 1 aliphatic rings. The smallest absolute Gasteiger partial charge is 0.163 e. The van der Waals surface area contributed by atoms with Crippen molar-refractivity contribution in [3.05, 3.63) is 53.1 Å². The predicted octanol–water partition coefficient (Wildman–Crippen LogP) is 4.95. The fourth-order valence-electron chi connectivity index (χ4n) is 3.97. The molecule has 7 heteroatoms. The molecule has 1 atom stereocenters. The first-order valence-electron chi connectivity index (χ1n) is 9.76. The van der Waals surface area contributed by atoms with Crippen LogP contribution in [0.3, 0.4) is 0 Å². The van der Waals surface area contributed by atoms with Crippen molar-refractivity contribution >= 4 is 38.1 Å². The highest BCUT2D eigenvalue weighted by atomic mass is 35.5. The van der Waals surface area contributed by atoms with Crippen LogP contribution < -0.4 is 0 Å². The molecule has 5 nitrogen and oxygen atoms in total.